The van der Waals surface area contributed by atoms with Crippen LogP contribution in [0.4, 0.5) is 0 Å². The maximum atomic E-state index is 13.1. The molecule has 0 radical (unpaired) electrons. The van der Waals surface area contributed by atoms with Gasteiger partial charge in [-0.3, -0.25) is 9.59 Å². The highest BCUT2D eigenvalue weighted by Crippen LogP contribution is 2.15. The number of amides is 2. The predicted molar refractivity (Wildman–Crippen MR) is 114 cm³/mol. The van der Waals surface area contributed by atoms with Crippen molar-refractivity contribution >= 4 is 27.7 Å². The molecule has 0 spiro atoms. The van der Waals surface area contributed by atoms with E-state index in [1.165, 1.54) is 0 Å². The van der Waals surface area contributed by atoms with Crippen LogP contribution in [-0.4, -0.2) is 54.3 Å². The van der Waals surface area contributed by atoms with Gasteiger partial charge in [0.2, 0.25) is 5.91 Å². The van der Waals surface area contributed by atoms with Crippen LogP contribution in [0.25, 0.3) is 0 Å². The van der Waals surface area contributed by atoms with E-state index in [1.807, 2.05) is 54.3 Å². The number of carbonyl (C=O) groups is 2. The van der Waals surface area contributed by atoms with Gasteiger partial charge < -0.3 is 15.1 Å². The average Bonchev–Trinajstić information content (AvgIpc) is 2.71. The summed E-state index contributed by atoms with van der Waals surface area (Å²) in [5.41, 5.74) is 2.86. The minimum Gasteiger partial charge on any atom is -0.340 e. The summed E-state index contributed by atoms with van der Waals surface area (Å²) < 4.78 is 0.933. The molecule has 1 fully saturated rings. The predicted octanol–water partition coefficient (Wildman–Crippen LogP) is 3.22. The first kappa shape index (κ1) is 20.6. The number of carbonyl (C=O) groups excluding carboxylic acids is 2. The largest absolute Gasteiger partial charge is 0.340 e. The van der Waals surface area contributed by atoms with Gasteiger partial charge in [0.1, 0.15) is 0 Å². The topological polar surface area (TPSA) is 52.7 Å². The van der Waals surface area contributed by atoms with Crippen LogP contribution in [0.3, 0.4) is 0 Å². The molecule has 1 saturated heterocycles. The Hall–Kier alpha value is -2.18. The Morgan fingerprint density at radius 2 is 1.82 bits per heavy atom. The highest BCUT2D eigenvalue weighted by Gasteiger charge is 2.21. The van der Waals surface area contributed by atoms with Crippen LogP contribution in [0.15, 0.2) is 53.0 Å². The molecular formula is C22H26BrN3O2. The maximum absolute atomic E-state index is 13.1. The lowest BCUT2D eigenvalue weighted by Crippen LogP contribution is -2.47. The third kappa shape index (κ3) is 5.66. The number of piperazine rings is 1. The van der Waals surface area contributed by atoms with Gasteiger partial charge in [-0.05, 0) is 36.8 Å². The highest BCUT2D eigenvalue weighted by atomic mass is 79.9. The van der Waals surface area contributed by atoms with E-state index in [9.17, 15) is 9.59 Å². The summed E-state index contributed by atoms with van der Waals surface area (Å²) in [5, 5.41) is 3.25. The molecule has 1 heterocycles. The Morgan fingerprint density at radius 1 is 1.11 bits per heavy atom. The molecule has 3 rings (SSSR count). The summed E-state index contributed by atoms with van der Waals surface area (Å²) >= 11 is 3.41. The van der Waals surface area contributed by atoms with Crippen LogP contribution < -0.4 is 5.32 Å². The minimum atomic E-state index is -0.0536. The van der Waals surface area contributed by atoms with E-state index in [0.717, 1.165) is 41.8 Å². The first-order valence-corrected chi connectivity index (χ1v) is 10.4. The van der Waals surface area contributed by atoms with Crippen molar-refractivity contribution in [1.29, 1.82) is 0 Å². The summed E-state index contributed by atoms with van der Waals surface area (Å²) in [6.45, 7) is 6.07. The molecule has 0 aliphatic carbocycles. The van der Waals surface area contributed by atoms with E-state index in [4.69, 9.17) is 0 Å². The molecule has 0 aromatic heterocycles. The zero-order chi connectivity index (χ0) is 19.9. The molecule has 0 saturated carbocycles. The lowest BCUT2D eigenvalue weighted by molar-refractivity contribution is -0.132. The van der Waals surface area contributed by atoms with Gasteiger partial charge in [-0.15, -0.1) is 0 Å². The monoisotopic (exact) mass is 443 g/mol. The Labute approximate surface area is 174 Å². The number of halogens is 1. The minimum absolute atomic E-state index is 0.0536. The fraction of sp³-hybridized carbons (Fsp3) is 0.364. The number of hydrogen-bond acceptors (Lipinski definition) is 3. The summed E-state index contributed by atoms with van der Waals surface area (Å²) in [6.07, 6.45) is 0.341. The van der Waals surface area contributed by atoms with Crippen molar-refractivity contribution < 1.29 is 9.59 Å². The molecule has 0 unspecified atom stereocenters. The van der Waals surface area contributed by atoms with Gasteiger partial charge >= 0.3 is 0 Å². The Balaban J connectivity index is 1.72. The normalized spacial score (nSPS) is 14.0. The number of aryl methyl sites for hydroxylation is 1. The fourth-order valence-corrected chi connectivity index (χ4v) is 3.63. The molecule has 1 aliphatic rings. The Bertz CT molecular complexity index is 817. The van der Waals surface area contributed by atoms with Gasteiger partial charge in [0.15, 0.2) is 0 Å². The van der Waals surface area contributed by atoms with Gasteiger partial charge in [-0.25, -0.2) is 0 Å². The third-order valence-corrected chi connectivity index (χ3v) is 5.43. The number of benzene rings is 2. The second-order valence-corrected chi connectivity index (χ2v) is 8.02. The van der Waals surface area contributed by atoms with E-state index in [1.54, 1.807) is 4.90 Å². The molecule has 0 bridgehead atoms. The van der Waals surface area contributed by atoms with Crippen LogP contribution in [-0.2, 0) is 11.3 Å². The standard InChI is InChI=1S/C22H26BrN3O2/c1-17-3-2-4-18(15-17)16-26(22(28)19-5-7-20(23)8-6-19)12-9-21(27)25-13-10-24-11-14-25/h2-8,15,24H,9-14,16H2,1H3. The van der Waals surface area contributed by atoms with Gasteiger partial charge in [0, 0.05) is 55.7 Å². The van der Waals surface area contributed by atoms with Gasteiger partial charge in [0.25, 0.3) is 5.91 Å². The highest BCUT2D eigenvalue weighted by molar-refractivity contribution is 9.10. The third-order valence-electron chi connectivity index (χ3n) is 4.90. The molecule has 6 heteroatoms. The molecule has 2 amide bonds. The number of hydrogen-bond donors (Lipinski definition) is 1. The van der Waals surface area contributed by atoms with E-state index >= 15 is 0 Å². The van der Waals surface area contributed by atoms with E-state index < -0.39 is 0 Å². The molecule has 1 N–H and O–H groups in total. The summed E-state index contributed by atoms with van der Waals surface area (Å²) in [7, 11) is 0. The van der Waals surface area contributed by atoms with Crippen molar-refractivity contribution in [2.75, 3.05) is 32.7 Å². The van der Waals surface area contributed by atoms with Crippen LogP contribution >= 0.6 is 15.9 Å². The zero-order valence-corrected chi connectivity index (χ0v) is 17.7. The molecule has 2 aromatic rings. The summed E-state index contributed by atoms with van der Waals surface area (Å²) in [5.74, 6) is 0.0569. The zero-order valence-electron chi connectivity index (χ0n) is 16.2. The van der Waals surface area contributed by atoms with Crippen molar-refractivity contribution in [3.05, 3.63) is 69.7 Å². The second kappa shape index (κ2) is 9.85. The van der Waals surface area contributed by atoms with Crippen LogP contribution in [0.5, 0.6) is 0 Å². The Morgan fingerprint density at radius 3 is 2.50 bits per heavy atom. The average molecular weight is 444 g/mol. The quantitative estimate of drug-likeness (QED) is 0.745. The first-order valence-electron chi connectivity index (χ1n) is 9.62. The molecule has 148 valence electrons. The van der Waals surface area contributed by atoms with E-state index in [-0.39, 0.29) is 11.8 Å². The van der Waals surface area contributed by atoms with E-state index in [2.05, 4.69) is 27.3 Å². The molecule has 2 aromatic carbocycles. The molecule has 1 aliphatic heterocycles. The summed E-state index contributed by atoms with van der Waals surface area (Å²) in [6, 6.07) is 15.5. The smallest absolute Gasteiger partial charge is 0.254 e. The molecular weight excluding hydrogens is 418 g/mol. The van der Waals surface area contributed by atoms with Gasteiger partial charge in [-0.2, -0.15) is 0 Å². The fourth-order valence-electron chi connectivity index (χ4n) is 3.36. The second-order valence-electron chi connectivity index (χ2n) is 7.10. The van der Waals surface area contributed by atoms with Gasteiger partial charge in [0.05, 0.1) is 0 Å². The van der Waals surface area contributed by atoms with Crippen molar-refractivity contribution in [1.82, 2.24) is 15.1 Å². The molecule has 0 atom stereocenters. The van der Waals surface area contributed by atoms with Crippen molar-refractivity contribution in [2.45, 2.75) is 19.9 Å². The maximum Gasteiger partial charge on any atom is 0.254 e. The van der Waals surface area contributed by atoms with Crippen molar-refractivity contribution in [3.63, 3.8) is 0 Å². The first-order chi connectivity index (χ1) is 13.5. The number of nitrogens with zero attached hydrogens (tertiary/aromatic N) is 2. The van der Waals surface area contributed by atoms with Crippen LogP contribution in [0, 0.1) is 6.92 Å². The van der Waals surface area contributed by atoms with Gasteiger partial charge in [-0.1, -0.05) is 45.8 Å². The van der Waals surface area contributed by atoms with E-state index in [0.29, 0.717) is 25.1 Å². The molecule has 5 nitrogen and oxygen atoms in total. The SMILES string of the molecule is Cc1cccc(CN(CCC(=O)N2CCNCC2)C(=O)c2ccc(Br)cc2)c1. The number of rotatable bonds is 6. The lowest BCUT2D eigenvalue weighted by atomic mass is 10.1. The summed E-state index contributed by atoms with van der Waals surface area (Å²) in [4.78, 5) is 29.3. The van der Waals surface area contributed by atoms with Crippen LogP contribution in [0.1, 0.15) is 27.9 Å². The number of nitrogens with one attached hydrogen (secondary N) is 1. The Kier molecular flexibility index (Phi) is 7.23. The molecule has 28 heavy (non-hydrogen) atoms. The van der Waals surface area contributed by atoms with Crippen molar-refractivity contribution in [3.8, 4) is 0 Å². The van der Waals surface area contributed by atoms with Crippen LogP contribution in [0.2, 0.25) is 0 Å². The lowest BCUT2D eigenvalue weighted by Gasteiger charge is -2.29. The van der Waals surface area contributed by atoms with Crippen molar-refractivity contribution in [2.24, 2.45) is 0 Å².